The van der Waals surface area contributed by atoms with E-state index in [2.05, 4.69) is 35.0 Å². The predicted octanol–water partition coefficient (Wildman–Crippen LogP) is 5.91. The van der Waals surface area contributed by atoms with Crippen molar-refractivity contribution >= 4 is 17.7 Å². The molecule has 0 fully saturated rings. The molecule has 1 atom stereocenters. The summed E-state index contributed by atoms with van der Waals surface area (Å²) in [6.07, 6.45) is 2.25. The molecule has 4 rings (SSSR count). The lowest BCUT2D eigenvalue weighted by atomic mass is 9.86. The quantitative estimate of drug-likeness (QED) is 0.464. The molecule has 1 unspecified atom stereocenters. The molecule has 3 aromatic rings. The second-order valence-corrected chi connectivity index (χ2v) is 9.73. The normalized spacial score (nSPS) is 16.0. The summed E-state index contributed by atoms with van der Waals surface area (Å²) in [7, 11) is 0. The topological polar surface area (TPSA) is 102 Å². The van der Waals surface area contributed by atoms with Crippen LogP contribution in [0.2, 0.25) is 5.02 Å². The zero-order valence-corrected chi connectivity index (χ0v) is 20.5. The van der Waals surface area contributed by atoms with Gasteiger partial charge < -0.3 is 19.3 Å². The summed E-state index contributed by atoms with van der Waals surface area (Å²) >= 11 is 6.30. The van der Waals surface area contributed by atoms with Crippen LogP contribution in [0.25, 0.3) is 22.8 Å². The van der Waals surface area contributed by atoms with Crippen LogP contribution in [0.5, 0.6) is 5.88 Å². The molecular formula is C25H29ClN4O4. The lowest BCUT2D eigenvalue weighted by Gasteiger charge is -2.24. The van der Waals surface area contributed by atoms with Crippen LogP contribution in [-0.2, 0) is 6.42 Å². The van der Waals surface area contributed by atoms with Gasteiger partial charge in [0, 0.05) is 30.8 Å². The molecule has 8 nitrogen and oxygen atoms in total. The van der Waals surface area contributed by atoms with Gasteiger partial charge in [-0.2, -0.15) is 4.98 Å². The number of hydrogen-bond donors (Lipinski definition) is 1. The summed E-state index contributed by atoms with van der Waals surface area (Å²) in [5.74, 6) is 1.74. The lowest BCUT2D eigenvalue weighted by Crippen LogP contribution is -2.33. The Morgan fingerprint density at radius 1 is 1.26 bits per heavy atom. The Morgan fingerprint density at radius 2 is 2.06 bits per heavy atom. The Kier molecular flexibility index (Phi) is 7.07. The van der Waals surface area contributed by atoms with E-state index in [1.54, 1.807) is 12.3 Å². The fraction of sp³-hybridized carbons (Fsp3) is 0.440. The largest absolute Gasteiger partial charge is 0.474 e. The number of ether oxygens (including phenoxy) is 1. The minimum absolute atomic E-state index is 0.0400. The van der Waals surface area contributed by atoms with Gasteiger partial charge in [-0.05, 0) is 55.9 Å². The highest BCUT2D eigenvalue weighted by atomic mass is 35.5. The molecule has 0 saturated carbocycles. The third kappa shape index (κ3) is 5.33. The van der Waals surface area contributed by atoms with Gasteiger partial charge in [-0.25, -0.2) is 9.78 Å². The van der Waals surface area contributed by atoms with Gasteiger partial charge in [-0.15, -0.1) is 0 Å². The summed E-state index contributed by atoms with van der Waals surface area (Å²) in [5.41, 5.74) is 3.74. The molecule has 1 N–H and O–H groups in total. The number of benzene rings is 1. The average Bonchev–Trinajstić information content (AvgIpc) is 3.19. The van der Waals surface area contributed by atoms with Gasteiger partial charge in [0.25, 0.3) is 5.89 Å². The maximum absolute atomic E-state index is 11.7. The average molecular weight is 485 g/mol. The Morgan fingerprint density at radius 3 is 2.74 bits per heavy atom. The predicted molar refractivity (Wildman–Crippen MR) is 129 cm³/mol. The molecule has 0 aliphatic carbocycles. The highest BCUT2D eigenvalue weighted by Crippen LogP contribution is 2.34. The minimum atomic E-state index is -0.873. The molecule has 3 heterocycles. The monoisotopic (exact) mass is 484 g/mol. The Bertz CT molecular complexity index is 1180. The van der Waals surface area contributed by atoms with Crippen molar-refractivity contribution in [3.05, 3.63) is 46.6 Å². The van der Waals surface area contributed by atoms with Crippen molar-refractivity contribution in [2.75, 3.05) is 13.1 Å². The minimum Gasteiger partial charge on any atom is -0.474 e. The van der Waals surface area contributed by atoms with Gasteiger partial charge in [0.2, 0.25) is 11.7 Å². The molecule has 1 aliphatic heterocycles. The number of pyridine rings is 1. The molecule has 180 valence electrons. The SMILES string of the molecule is CC(C)CC1CN(C(=O)O)CCc2cc(-c3noc(-c4cnc(OC(C)C)c(Cl)c4)n3)ccc21. The molecule has 0 bridgehead atoms. The van der Waals surface area contributed by atoms with Crippen molar-refractivity contribution in [2.45, 2.75) is 52.6 Å². The molecule has 2 aromatic heterocycles. The zero-order chi connectivity index (χ0) is 24.4. The Labute approximate surface area is 203 Å². The number of hydrogen-bond acceptors (Lipinski definition) is 6. The van der Waals surface area contributed by atoms with E-state index in [0.29, 0.717) is 53.6 Å². The third-order valence-electron chi connectivity index (χ3n) is 5.79. The van der Waals surface area contributed by atoms with Crippen molar-refractivity contribution in [3.63, 3.8) is 0 Å². The van der Waals surface area contributed by atoms with Gasteiger partial charge in [0.05, 0.1) is 11.7 Å². The number of halogens is 1. The number of rotatable bonds is 6. The van der Waals surface area contributed by atoms with Gasteiger partial charge in [0.15, 0.2) is 0 Å². The Hall–Kier alpha value is -3.13. The summed E-state index contributed by atoms with van der Waals surface area (Å²) in [5, 5.41) is 14.1. The van der Waals surface area contributed by atoms with E-state index in [4.69, 9.17) is 20.9 Å². The summed E-state index contributed by atoms with van der Waals surface area (Å²) in [4.78, 5) is 22.0. The molecule has 1 aliphatic rings. The van der Waals surface area contributed by atoms with Crippen molar-refractivity contribution in [3.8, 4) is 28.7 Å². The maximum atomic E-state index is 11.7. The third-order valence-corrected chi connectivity index (χ3v) is 6.06. The smallest absolute Gasteiger partial charge is 0.407 e. The number of aromatic nitrogens is 3. The van der Waals surface area contributed by atoms with E-state index >= 15 is 0 Å². The second-order valence-electron chi connectivity index (χ2n) is 9.32. The molecule has 9 heteroatoms. The summed E-state index contributed by atoms with van der Waals surface area (Å²) in [6.45, 7) is 9.10. The summed E-state index contributed by atoms with van der Waals surface area (Å²) < 4.78 is 11.1. The van der Waals surface area contributed by atoms with Crippen molar-refractivity contribution < 1.29 is 19.2 Å². The van der Waals surface area contributed by atoms with Crippen LogP contribution < -0.4 is 4.74 Å². The second kappa shape index (κ2) is 10.0. The fourth-order valence-corrected chi connectivity index (χ4v) is 4.54. The highest BCUT2D eigenvalue weighted by molar-refractivity contribution is 6.32. The lowest BCUT2D eigenvalue weighted by molar-refractivity contribution is 0.142. The van der Waals surface area contributed by atoms with Crippen LogP contribution in [0.4, 0.5) is 4.79 Å². The fourth-order valence-electron chi connectivity index (χ4n) is 4.33. The first-order valence-corrected chi connectivity index (χ1v) is 11.9. The van der Waals surface area contributed by atoms with Crippen LogP contribution in [-0.4, -0.2) is 50.4 Å². The van der Waals surface area contributed by atoms with Crippen molar-refractivity contribution in [2.24, 2.45) is 5.92 Å². The zero-order valence-electron chi connectivity index (χ0n) is 19.8. The van der Waals surface area contributed by atoms with Crippen LogP contribution in [0.3, 0.4) is 0 Å². The van der Waals surface area contributed by atoms with E-state index < -0.39 is 6.09 Å². The Balaban J connectivity index is 1.61. The first kappa shape index (κ1) is 24.0. The van der Waals surface area contributed by atoms with E-state index in [-0.39, 0.29) is 12.0 Å². The highest BCUT2D eigenvalue weighted by Gasteiger charge is 2.27. The van der Waals surface area contributed by atoms with Crippen molar-refractivity contribution in [1.82, 2.24) is 20.0 Å². The van der Waals surface area contributed by atoms with E-state index in [9.17, 15) is 9.90 Å². The van der Waals surface area contributed by atoms with E-state index in [1.165, 1.54) is 10.5 Å². The van der Waals surface area contributed by atoms with Crippen molar-refractivity contribution in [1.29, 1.82) is 0 Å². The van der Waals surface area contributed by atoms with Gasteiger partial charge >= 0.3 is 6.09 Å². The maximum Gasteiger partial charge on any atom is 0.407 e. The van der Waals surface area contributed by atoms with Crippen LogP contribution in [0.1, 0.15) is 51.2 Å². The number of nitrogens with zero attached hydrogens (tertiary/aromatic N) is 4. The van der Waals surface area contributed by atoms with E-state index in [1.807, 2.05) is 26.0 Å². The number of fused-ring (bicyclic) bond motifs is 1. The first-order valence-electron chi connectivity index (χ1n) is 11.5. The van der Waals surface area contributed by atoms with Gasteiger partial charge in [-0.1, -0.05) is 42.7 Å². The molecule has 0 saturated heterocycles. The molecule has 0 spiro atoms. The number of carbonyl (C=O) groups is 1. The van der Waals surface area contributed by atoms with Crippen LogP contribution >= 0.6 is 11.6 Å². The van der Waals surface area contributed by atoms with Crippen LogP contribution in [0, 0.1) is 5.92 Å². The number of amides is 1. The summed E-state index contributed by atoms with van der Waals surface area (Å²) in [6, 6.07) is 7.79. The molecular weight excluding hydrogens is 456 g/mol. The molecule has 0 radical (unpaired) electrons. The molecule has 34 heavy (non-hydrogen) atoms. The van der Waals surface area contributed by atoms with Crippen LogP contribution in [0.15, 0.2) is 35.0 Å². The number of carboxylic acid groups (broad SMARTS) is 1. The molecule has 1 amide bonds. The molecule has 1 aromatic carbocycles. The van der Waals surface area contributed by atoms with Gasteiger partial charge in [0.1, 0.15) is 5.02 Å². The standard InChI is InChI=1S/C25H29ClN4O4/c1-14(2)9-19-13-30(25(31)32)8-7-16-10-17(5-6-20(16)19)22-28-23(34-29-22)18-11-21(26)24(27-12-18)33-15(3)4/h5-6,10-12,14-15,19H,7-9,13H2,1-4H3,(H,31,32). The van der Waals surface area contributed by atoms with Gasteiger partial charge in [-0.3, -0.25) is 0 Å². The van der Waals surface area contributed by atoms with E-state index in [0.717, 1.165) is 17.5 Å². The first-order chi connectivity index (χ1) is 16.2.